The fourth-order valence-corrected chi connectivity index (χ4v) is 5.94. The van der Waals surface area contributed by atoms with E-state index in [2.05, 4.69) is 9.97 Å². The maximum absolute atomic E-state index is 12.2. The number of nitrogens with one attached hydrogen (secondary N) is 1. The van der Waals surface area contributed by atoms with Crippen LogP contribution in [0.1, 0.15) is 38.2 Å². The largest absolute Gasteiger partial charge is 0.552 e. The van der Waals surface area contributed by atoms with Crippen LogP contribution in [-0.2, 0) is 9.84 Å². The molecule has 6 nitrogen and oxygen atoms in total. The summed E-state index contributed by atoms with van der Waals surface area (Å²) in [6.45, 7) is 2.01. The van der Waals surface area contributed by atoms with Gasteiger partial charge in [0, 0.05) is 17.1 Å². The van der Waals surface area contributed by atoms with E-state index in [4.69, 9.17) is 4.65 Å². The molecule has 0 bridgehead atoms. The van der Waals surface area contributed by atoms with Gasteiger partial charge in [0.15, 0.2) is 9.84 Å². The van der Waals surface area contributed by atoms with Gasteiger partial charge in [0.2, 0.25) is 0 Å². The molecule has 0 radical (unpaired) electrons. The fourth-order valence-electron chi connectivity index (χ4n) is 4.05. The van der Waals surface area contributed by atoms with Crippen LogP contribution in [0.15, 0.2) is 24.4 Å². The third kappa shape index (κ3) is 3.28. The predicted molar refractivity (Wildman–Crippen MR) is 102 cm³/mol. The molecule has 1 aliphatic carbocycles. The van der Waals surface area contributed by atoms with Crippen molar-refractivity contribution in [1.82, 2.24) is 9.97 Å². The Morgan fingerprint density at radius 1 is 1.42 bits per heavy atom. The summed E-state index contributed by atoms with van der Waals surface area (Å²) in [6.07, 6.45) is 6.77. The molecule has 2 N–H and O–H groups in total. The lowest BCUT2D eigenvalue weighted by Gasteiger charge is -2.38. The second kappa shape index (κ2) is 6.74. The molecule has 0 unspecified atom stereocenters. The number of fused-ring (bicyclic) bond motifs is 3. The zero-order valence-corrected chi connectivity index (χ0v) is 15.6. The Balaban J connectivity index is 1.52. The minimum absolute atomic E-state index is 0.203. The van der Waals surface area contributed by atoms with Crippen LogP contribution >= 0.6 is 0 Å². The number of H-pyrrole nitrogens is 1. The van der Waals surface area contributed by atoms with E-state index in [1.54, 1.807) is 12.2 Å². The summed E-state index contributed by atoms with van der Waals surface area (Å²) in [4.78, 5) is 7.42. The number of aromatic amines is 1. The lowest BCUT2D eigenvalue weighted by atomic mass is 9.66. The van der Waals surface area contributed by atoms with E-state index in [-0.39, 0.29) is 17.6 Å². The molecular formula is C18H23BN2O4S. The highest BCUT2D eigenvalue weighted by Gasteiger charge is 2.39. The smallest absolute Gasteiger partial charge is 0.531 e. The molecule has 1 saturated carbocycles. The second-order valence-corrected chi connectivity index (χ2v) is 9.60. The summed E-state index contributed by atoms with van der Waals surface area (Å²) in [5.41, 5.74) is 2.81. The van der Waals surface area contributed by atoms with Crippen LogP contribution < -0.4 is 4.65 Å². The molecule has 0 amide bonds. The van der Waals surface area contributed by atoms with Gasteiger partial charge in [0.1, 0.15) is 11.4 Å². The van der Waals surface area contributed by atoms with Crippen LogP contribution in [0.2, 0.25) is 0 Å². The number of hydrogen-bond donors (Lipinski definition) is 2. The van der Waals surface area contributed by atoms with Gasteiger partial charge in [0.05, 0.1) is 17.7 Å². The normalized spacial score (nSPS) is 22.5. The van der Waals surface area contributed by atoms with Crippen molar-refractivity contribution >= 4 is 33.6 Å². The van der Waals surface area contributed by atoms with Crippen molar-refractivity contribution in [3.63, 3.8) is 0 Å². The predicted octanol–water partition coefficient (Wildman–Crippen LogP) is 2.60. The quantitative estimate of drug-likeness (QED) is 0.759. The Kier molecular flexibility index (Phi) is 4.56. The molecular weight excluding hydrogens is 351 g/mol. The van der Waals surface area contributed by atoms with E-state index >= 15 is 0 Å². The summed E-state index contributed by atoms with van der Waals surface area (Å²) in [7, 11) is -3.95. The Hall–Kier alpha value is -1.80. The number of allylic oxidation sites excluding steroid dienone is 1. The molecule has 0 saturated heterocycles. The lowest BCUT2D eigenvalue weighted by Crippen LogP contribution is -2.34. The minimum Gasteiger partial charge on any atom is -0.531 e. The van der Waals surface area contributed by atoms with E-state index in [0.29, 0.717) is 11.5 Å². The number of hydrogen-bond acceptors (Lipinski definition) is 5. The van der Waals surface area contributed by atoms with Crippen LogP contribution in [0.25, 0.3) is 16.6 Å². The van der Waals surface area contributed by atoms with Crippen LogP contribution in [0.4, 0.5) is 0 Å². The first-order valence-electron chi connectivity index (χ1n) is 9.20. The summed E-state index contributed by atoms with van der Waals surface area (Å²) in [5, 5.41) is 11.0. The van der Waals surface area contributed by atoms with Gasteiger partial charge in [0.25, 0.3) is 0 Å². The van der Waals surface area contributed by atoms with Gasteiger partial charge in [-0.1, -0.05) is 13.3 Å². The third-order valence-corrected chi connectivity index (χ3v) is 7.27. The van der Waals surface area contributed by atoms with E-state index in [9.17, 15) is 13.4 Å². The van der Waals surface area contributed by atoms with Crippen molar-refractivity contribution in [3.05, 3.63) is 30.0 Å². The fraction of sp³-hybridized carbons (Fsp3) is 0.500. The molecule has 1 aliphatic heterocycles. The molecule has 0 spiro atoms. The average Bonchev–Trinajstić information content (AvgIpc) is 3.03. The Labute approximate surface area is 153 Å². The SMILES string of the molecule is CCCCS(=O)(=O)CC1CC(C2=CB(O)Oc3cnc4[nH]ccc4c32)C1. The maximum Gasteiger partial charge on any atom is 0.552 e. The molecule has 8 heteroatoms. The summed E-state index contributed by atoms with van der Waals surface area (Å²) in [6, 6.07) is 1.96. The molecule has 0 atom stereocenters. The van der Waals surface area contributed by atoms with Crippen LogP contribution in [0.5, 0.6) is 5.75 Å². The third-order valence-electron chi connectivity index (χ3n) is 5.38. The number of unbranched alkanes of at least 4 members (excludes halogenated alkanes) is 1. The van der Waals surface area contributed by atoms with Gasteiger partial charge in [-0.3, -0.25) is 0 Å². The minimum atomic E-state index is -2.96. The van der Waals surface area contributed by atoms with E-state index in [1.165, 1.54) is 0 Å². The van der Waals surface area contributed by atoms with Gasteiger partial charge in [-0.05, 0) is 48.7 Å². The first-order valence-corrected chi connectivity index (χ1v) is 11.0. The molecule has 2 aromatic heterocycles. The monoisotopic (exact) mass is 374 g/mol. The highest BCUT2D eigenvalue weighted by Crippen LogP contribution is 2.48. The van der Waals surface area contributed by atoms with Gasteiger partial charge in [-0.15, -0.1) is 0 Å². The maximum atomic E-state index is 12.2. The summed E-state index contributed by atoms with van der Waals surface area (Å²) >= 11 is 0. The average molecular weight is 374 g/mol. The van der Waals surface area contributed by atoms with Crippen LogP contribution in [0, 0.1) is 11.8 Å². The molecule has 2 aliphatic rings. The van der Waals surface area contributed by atoms with Crippen molar-refractivity contribution in [2.75, 3.05) is 11.5 Å². The summed E-state index contributed by atoms with van der Waals surface area (Å²) in [5.74, 6) is 3.35. The highest BCUT2D eigenvalue weighted by atomic mass is 32.2. The molecule has 3 heterocycles. The zero-order valence-electron chi connectivity index (χ0n) is 14.8. The molecule has 0 aromatic carbocycles. The molecule has 26 heavy (non-hydrogen) atoms. The van der Waals surface area contributed by atoms with E-state index in [1.807, 2.05) is 19.2 Å². The number of rotatable bonds is 6. The second-order valence-electron chi connectivity index (χ2n) is 7.37. The lowest BCUT2D eigenvalue weighted by molar-refractivity contribution is 0.272. The van der Waals surface area contributed by atoms with Crippen molar-refractivity contribution in [2.45, 2.75) is 32.6 Å². The van der Waals surface area contributed by atoms with E-state index < -0.39 is 17.0 Å². The van der Waals surface area contributed by atoms with Gasteiger partial charge in [-0.2, -0.15) is 0 Å². The molecule has 138 valence electrons. The molecule has 1 fully saturated rings. The van der Waals surface area contributed by atoms with Crippen LogP contribution in [-0.4, -0.2) is 42.0 Å². The standard InChI is InChI=1S/C18H23BN2O4S/c1-2-3-6-26(23,24)11-12-7-13(8-12)15-9-19(22)25-16-10-21-18-14(17(15)16)4-5-20-18/h4-5,9-10,12-13,22H,2-3,6-8,11H2,1H3,(H,20,21). The highest BCUT2D eigenvalue weighted by molar-refractivity contribution is 7.91. The zero-order chi connectivity index (χ0) is 18.3. The topological polar surface area (TPSA) is 92.3 Å². The van der Waals surface area contributed by atoms with Crippen LogP contribution in [0.3, 0.4) is 0 Å². The van der Waals surface area contributed by atoms with Crippen molar-refractivity contribution in [1.29, 1.82) is 0 Å². The van der Waals surface area contributed by atoms with E-state index in [0.717, 1.165) is 47.9 Å². The Morgan fingerprint density at radius 2 is 2.23 bits per heavy atom. The van der Waals surface area contributed by atoms with Crippen molar-refractivity contribution < 1.29 is 18.1 Å². The first kappa shape index (κ1) is 17.6. The molecule has 2 aromatic rings. The Bertz CT molecular complexity index is 947. The summed E-state index contributed by atoms with van der Waals surface area (Å²) < 4.78 is 29.9. The Morgan fingerprint density at radius 3 is 3.00 bits per heavy atom. The van der Waals surface area contributed by atoms with Crippen molar-refractivity contribution in [2.24, 2.45) is 11.8 Å². The number of aromatic nitrogens is 2. The number of nitrogens with zero attached hydrogens (tertiary/aromatic N) is 1. The number of sulfone groups is 1. The van der Waals surface area contributed by atoms with Gasteiger partial charge in [-0.25, -0.2) is 13.4 Å². The molecule has 4 rings (SSSR count). The van der Waals surface area contributed by atoms with Crippen molar-refractivity contribution in [3.8, 4) is 5.75 Å². The van der Waals surface area contributed by atoms with Gasteiger partial charge < -0.3 is 14.7 Å². The first-order chi connectivity index (χ1) is 12.5. The number of pyridine rings is 1. The van der Waals surface area contributed by atoms with Gasteiger partial charge >= 0.3 is 7.12 Å².